The Morgan fingerprint density at radius 1 is 0.800 bits per heavy atom. The van der Waals surface area contributed by atoms with E-state index in [0.717, 1.165) is 38.7 Å². The van der Waals surface area contributed by atoms with Crippen LogP contribution in [0.2, 0.25) is 0 Å². The van der Waals surface area contributed by atoms with E-state index in [1.807, 2.05) is 36.4 Å². The van der Waals surface area contributed by atoms with Gasteiger partial charge in [-0.05, 0) is 56.7 Å². The molecule has 0 saturated heterocycles. The minimum Gasteiger partial charge on any atom is -0.305 e. The number of halogens is 1. The summed E-state index contributed by atoms with van der Waals surface area (Å²) in [5, 5.41) is 0. The summed E-state index contributed by atoms with van der Waals surface area (Å²) in [6, 6.07) is 27.0. The molecule has 2 aliphatic rings. The van der Waals surface area contributed by atoms with Crippen LogP contribution in [0.1, 0.15) is 31.9 Å². The highest BCUT2D eigenvalue weighted by Gasteiger charge is 2.44. The van der Waals surface area contributed by atoms with E-state index in [1.54, 1.807) is 0 Å². The average Bonchev–Trinajstić information content (AvgIpc) is 3.23. The summed E-state index contributed by atoms with van der Waals surface area (Å²) < 4.78 is 1.04. The molecule has 0 radical (unpaired) electrons. The lowest BCUT2D eigenvalue weighted by Gasteiger charge is -2.34. The molecule has 2 aliphatic heterocycles. The number of fused-ring (bicyclic) bond motifs is 3. The molecule has 0 bridgehead atoms. The molecule has 2 heterocycles. The second-order valence-corrected chi connectivity index (χ2v) is 9.40. The molecule has 0 fully saturated rings. The highest BCUT2D eigenvalue weighted by atomic mass is 79.9. The Balaban J connectivity index is 1.82. The molecule has 3 aromatic rings. The van der Waals surface area contributed by atoms with Crippen molar-refractivity contribution in [2.24, 2.45) is 9.98 Å². The van der Waals surface area contributed by atoms with Crippen LogP contribution >= 0.6 is 15.9 Å². The predicted molar refractivity (Wildman–Crippen MR) is 130 cm³/mol. The van der Waals surface area contributed by atoms with Crippen LogP contribution in [0.4, 0.5) is 11.4 Å². The highest BCUT2D eigenvalue weighted by Crippen LogP contribution is 2.47. The van der Waals surface area contributed by atoms with Gasteiger partial charge in [0.05, 0.1) is 11.4 Å². The summed E-state index contributed by atoms with van der Waals surface area (Å²) in [4.78, 5) is 12.5. The van der Waals surface area contributed by atoms with Gasteiger partial charge in [0.2, 0.25) is 0 Å². The lowest BCUT2D eigenvalue weighted by atomic mass is 9.96. The fraction of sp³-hybridized carbons (Fsp3) is 0.154. The zero-order valence-corrected chi connectivity index (χ0v) is 18.8. The van der Waals surface area contributed by atoms with E-state index in [1.165, 1.54) is 11.1 Å². The number of hydrogen-bond acceptors (Lipinski definition) is 2. The molecular weight excluding hydrogens is 434 g/mol. The molecule has 0 atom stereocenters. The van der Waals surface area contributed by atoms with Crippen molar-refractivity contribution < 1.29 is 0 Å². The van der Waals surface area contributed by atoms with Gasteiger partial charge in [-0.1, -0.05) is 64.5 Å². The molecule has 0 unspecified atom stereocenters. The maximum absolute atomic E-state index is 5.14. The SMILES string of the molecule is CC(C)(C)N1C(=Nc2ccc(Br)cc2)C(c2ccccc2)=C2C1=Nc1ccccc12. The molecule has 148 valence electrons. The summed E-state index contributed by atoms with van der Waals surface area (Å²) in [7, 11) is 0. The van der Waals surface area contributed by atoms with Gasteiger partial charge in [-0.15, -0.1) is 0 Å². The first-order valence-corrected chi connectivity index (χ1v) is 10.9. The molecule has 0 saturated carbocycles. The van der Waals surface area contributed by atoms with Crippen LogP contribution in [0.3, 0.4) is 0 Å². The van der Waals surface area contributed by atoms with Gasteiger partial charge < -0.3 is 4.90 Å². The summed E-state index contributed by atoms with van der Waals surface area (Å²) >= 11 is 3.52. The zero-order valence-electron chi connectivity index (χ0n) is 17.2. The number of amidine groups is 2. The number of para-hydroxylation sites is 1. The Morgan fingerprint density at radius 2 is 1.47 bits per heavy atom. The monoisotopic (exact) mass is 455 g/mol. The first kappa shape index (κ1) is 19.0. The summed E-state index contributed by atoms with van der Waals surface area (Å²) in [6.07, 6.45) is 0. The second kappa shape index (κ2) is 7.06. The molecule has 0 N–H and O–H groups in total. The minimum absolute atomic E-state index is 0.184. The standard InChI is InChI=1S/C26H22BrN3/c1-26(2,3)30-24(28-19-15-13-18(27)14-16-19)22(17-9-5-4-6-10-17)23-20-11-7-8-12-21(20)29-25(23)30/h4-16H,1-3H3. The first-order chi connectivity index (χ1) is 14.4. The predicted octanol–water partition coefficient (Wildman–Crippen LogP) is 7.25. The van der Waals surface area contributed by atoms with Crippen LogP contribution in [0, 0.1) is 0 Å². The molecule has 0 aliphatic carbocycles. The molecule has 3 nitrogen and oxygen atoms in total. The fourth-order valence-electron chi connectivity index (χ4n) is 4.06. The highest BCUT2D eigenvalue weighted by molar-refractivity contribution is 9.10. The Bertz CT molecular complexity index is 1210. The molecule has 0 aromatic heterocycles. The van der Waals surface area contributed by atoms with E-state index >= 15 is 0 Å². The maximum Gasteiger partial charge on any atom is 0.144 e. The number of nitrogens with zero attached hydrogens (tertiary/aromatic N) is 3. The van der Waals surface area contributed by atoms with Crippen molar-refractivity contribution in [3.8, 4) is 0 Å². The molecular formula is C26H22BrN3. The maximum atomic E-state index is 5.14. The van der Waals surface area contributed by atoms with E-state index in [2.05, 4.69) is 84.1 Å². The van der Waals surface area contributed by atoms with Gasteiger partial charge in [-0.3, -0.25) is 0 Å². The fourth-order valence-corrected chi connectivity index (χ4v) is 4.33. The van der Waals surface area contributed by atoms with Gasteiger partial charge in [0.25, 0.3) is 0 Å². The largest absolute Gasteiger partial charge is 0.305 e. The third-order valence-electron chi connectivity index (χ3n) is 5.32. The summed E-state index contributed by atoms with van der Waals surface area (Å²) in [5.41, 5.74) is 6.38. The van der Waals surface area contributed by atoms with E-state index in [0.29, 0.717) is 0 Å². The number of aliphatic imine (C=N–C) groups is 2. The number of benzene rings is 3. The van der Waals surface area contributed by atoms with E-state index < -0.39 is 0 Å². The topological polar surface area (TPSA) is 28.0 Å². The van der Waals surface area contributed by atoms with Crippen LogP contribution in [0.15, 0.2) is 93.3 Å². The molecule has 30 heavy (non-hydrogen) atoms. The van der Waals surface area contributed by atoms with Gasteiger partial charge in [0, 0.05) is 26.7 Å². The third kappa shape index (κ3) is 3.12. The van der Waals surface area contributed by atoms with Crippen molar-refractivity contribution in [2.45, 2.75) is 26.3 Å². The Hall–Kier alpha value is -2.98. The summed E-state index contributed by atoms with van der Waals surface area (Å²) in [6.45, 7) is 6.63. The van der Waals surface area contributed by atoms with Gasteiger partial charge in [-0.25, -0.2) is 9.98 Å². The van der Waals surface area contributed by atoms with Crippen LogP contribution in [-0.2, 0) is 0 Å². The molecule has 5 rings (SSSR count). The van der Waals surface area contributed by atoms with E-state index in [-0.39, 0.29) is 5.54 Å². The van der Waals surface area contributed by atoms with Gasteiger partial charge in [0.1, 0.15) is 11.7 Å². The van der Waals surface area contributed by atoms with Crippen molar-refractivity contribution in [1.29, 1.82) is 0 Å². The lowest BCUT2D eigenvalue weighted by molar-refractivity contribution is 0.350. The van der Waals surface area contributed by atoms with Crippen LogP contribution in [-0.4, -0.2) is 22.1 Å². The molecule has 4 heteroatoms. The van der Waals surface area contributed by atoms with Gasteiger partial charge in [0.15, 0.2) is 0 Å². The Labute approximate surface area is 185 Å². The van der Waals surface area contributed by atoms with Crippen molar-refractivity contribution in [1.82, 2.24) is 4.90 Å². The number of rotatable bonds is 2. The Morgan fingerprint density at radius 3 is 2.17 bits per heavy atom. The van der Waals surface area contributed by atoms with Crippen LogP contribution in [0.25, 0.3) is 11.1 Å². The normalized spacial score (nSPS) is 16.7. The van der Waals surface area contributed by atoms with Crippen molar-refractivity contribution in [2.75, 3.05) is 0 Å². The zero-order chi connectivity index (χ0) is 20.9. The molecule has 3 aromatic carbocycles. The quantitative estimate of drug-likeness (QED) is 0.399. The van der Waals surface area contributed by atoms with Gasteiger partial charge >= 0.3 is 0 Å². The number of hydrogen-bond donors (Lipinski definition) is 0. The first-order valence-electron chi connectivity index (χ1n) is 10.1. The molecule has 0 spiro atoms. The van der Waals surface area contributed by atoms with Crippen LogP contribution in [0.5, 0.6) is 0 Å². The third-order valence-corrected chi connectivity index (χ3v) is 5.84. The van der Waals surface area contributed by atoms with Crippen LogP contribution < -0.4 is 0 Å². The summed E-state index contributed by atoms with van der Waals surface area (Å²) in [5.74, 6) is 1.93. The van der Waals surface area contributed by atoms with Gasteiger partial charge in [-0.2, -0.15) is 0 Å². The average molecular weight is 456 g/mol. The van der Waals surface area contributed by atoms with Crippen molar-refractivity contribution in [3.05, 3.63) is 94.5 Å². The Kier molecular flexibility index (Phi) is 4.48. The lowest BCUT2D eigenvalue weighted by Crippen LogP contribution is -2.46. The van der Waals surface area contributed by atoms with Crippen molar-refractivity contribution in [3.63, 3.8) is 0 Å². The smallest absolute Gasteiger partial charge is 0.144 e. The molecule has 0 amide bonds. The second-order valence-electron chi connectivity index (χ2n) is 8.49. The van der Waals surface area contributed by atoms with Crippen molar-refractivity contribution >= 4 is 50.1 Å². The van der Waals surface area contributed by atoms with E-state index in [9.17, 15) is 0 Å². The minimum atomic E-state index is -0.184. The van der Waals surface area contributed by atoms with E-state index in [4.69, 9.17) is 9.98 Å².